The number of benzene rings is 1. The van der Waals surface area contributed by atoms with Gasteiger partial charge in [0, 0.05) is 10.0 Å². The van der Waals surface area contributed by atoms with Gasteiger partial charge < -0.3 is 9.22 Å². The van der Waals surface area contributed by atoms with Gasteiger partial charge >= 0.3 is 0 Å². The molecule has 0 N–H and O–H groups in total. The topological polar surface area (TPSA) is 26.3 Å². The molecule has 0 aliphatic carbocycles. The maximum absolute atomic E-state index is 12.2. The van der Waals surface area contributed by atoms with Crippen LogP contribution in [0.25, 0.3) is 0 Å². The number of hydrogen-bond donors (Lipinski definition) is 0. The highest BCUT2D eigenvalue weighted by Crippen LogP contribution is 2.14. The summed E-state index contributed by atoms with van der Waals surface area (Å²) in [6, 6.07) is 7.57. The van der Waals surface area contributed by atoms with Gasteiger partial charge in [-0.15, -0.1) is 0 Å². The lowest BCUT2D eigenvalue weighted by Crippen LogP contribution is -2.54. The zero-order valence-corrected chi connectivity index (χ0v) is 11.6. The summed E-state index contributed by atoms with van der Waals surface area (Å²) in [5.74, 6) is 0.210. The zero-order valence-electron chi connectivity index (χ0n) is 9.99. The number of ketones is 1. The molecule has 0 unspecified atom stereocenters. The van der Waals surface area contributed by atoms with Crippen LogP contribution in [0.5, 0.6) is 0 Å². The summed E-state index contributed by atoms with van der Waals surface area (Å²) >= 11 is 3.37. The molecule has 2 rings (SSSR count). The highest BCUT2D eigenvalue weighted by Gasteiger charge is 2.28. The number of halogens is 1. The van der Waals surface area contributed by atoms with Crippen molar-refractivity contribution in [2.24, 2.45) is 0 Å². The number of ether oxygens (including phenoxy) is 1. The van der Waals surface area contributed by atoms with Gasteiger partial charge in [0.05, 0.1) is 20.3 Å². The van der Waals surface area contributed by atoms with Crippen LogP contribution in [-0.2, 0) is 4.74 Å². The summed E-state index contributed by atoms with van der Waals surface area (Å²) in [5, 5.41) is 0. The minimum atomic E-state index is 0.210. The third-order valence-corrected chi connectivity index (χ3v) is 3.77. The lowest BCUT2D eigenvalue weighted by Gasteiger charge is -2.36. The van der Waals surface area contributed by atoms with Crippen LogP contribution in [-0.4, -0.2) is 50.2 Å². The standard InChI is InChI=1S/C13H17BrNO2/c1-15(6-8-17-9-7-15)10-13(16)11-2-4-12(14)5-3-11/h2-5H,6-10H2,1H3/q+1. The summed E-state index contributed by atoms with van der Waals surface area (Å²) in [6.45, 7) is 3.91. The van der Waals surface area contributed by atoms with E-state index in [1.165, 1.54) is 0 Å². The Morgan fingerprint density at radius 1 is 1.29 bits per heavy atom. The van der Waals surface area contributed by atoms with E-state index in [0.29, 0.717) is 6.54 Å². The van der Waals surface area contributed by atoms with Crippen molar-refractivity contribution in [3.05, 3.63) is 34.3 Å². The van der Waals surface area contributed by atoms with Crippen LogP contribution in [0.3, 0.4) is 0 Å². The summed E-state index contributed by atoms with van der Waals surface area (Å²) < 4.78 is 7.12. The van der Waals surface area contributed by atoms with Crippen LogP contribution >= 0.6 is 15.9 Å². The van der Waals surface area contributed by atoms with E-state index in [-0.39, 0.29) is 5.78 Å². The molecule has 0 radical (unpaired) electrons. The van der Waals surface area contributed by atoms with Crippen molar-refractivity contribution in [2.75, 3.05) is 39.9 Å². The minimum absolute atomic E-state index is 0.210. The summed E-state index contributed by atoms with van der Waals surface area (Å²) in [6.07, 6.45) is 0. The van der Waals surface area contributed by atoms with E-state index in [4.69, 9.17) is 4.74 Å². The number of quaternary nitrogens is 1. The molecule has 3 nitrogen and oxygen atoms in total. The Morgan fingerprint density at radius 3 is 2.47 bits per heavy atom. The number of likely N-dealkylation sites (N-methyl/N-ethyl adjacent to an activating group) is 1. The number of rotatable bonds is 3. The SMILES string of the molecule is C[N+]1(CC(=O)c2ccc(Br)cc2)CCOCC1. The van der Waals surface area contributed by atoms with Gasteiger partial charge in [0.1, 0.15) is 19.6 Å². The zero-order chi connectivity index (χ0) is 12.3. The molecule has 0 spiro atoms. The monoisotopic (exact) mass is 298 g/mol. The van der Waals surface area contributed by atoms with Crippen LogP contribution in [0.4, 0.5) is 0 Å². The Labute approximate surface area is 110 Å². The van der Waals surface area contributed by atoms with Crippen LogP contribution in [0.15, 0.2) is 28.7 Å². The molecular formula is C13H17BrNO2+. The van der Waals surface area contributed by atoms with Crippen LogP contribution in [0.2, 0.25) is 0 Å². The van der Waals surface area contributed by atoms with Gasteiger partial charge in [0.15, 0.2) is 0 Å². The quantitative estimate of drug-likeness (QED) is 0.631. The van der Waals surface area contributed by atoms with Crippen molar-refractivity contribution in [2.45, 2.75) is 0 Å². The Bertz CT molecular complexity index is 396. The molecule has 1 aromatic rings. The number of Topliss-reactive ketones (excluding diaryl/α,β-unsaturated/α-hetero) is 1. The molecule has 92 valence electrons. The molecule has 17 heavy (non-hydrogen) atoms. The third kappa shape index (κ3) is 3.37. The van der Waals surface area contributed by atoms with Crippen molar-refractivity contribution in [1.29, 1.82) is 0 Å². The van der Waals surface area contributed by atoms with E-state index in [1.54, 1.807) is 0 Å². The third-order valence-electron chi connectivity index (χ3n) is 3.24. The largest absolute Gasteiger partial charge is 0.370 e. The second-order valence-electron chi connectivity index (χ2n) is 4.77. The van der Waals surface area contributed by atoms with Crippen molar-refractivity contribution in [1.82, 2.24) is 0 Å². The molecule has 1 heterocycles. The highest BCUT2D eigenvalue weighted by molar-refractivity contribution is 9.10. The Hall–Kier alpha value is -0.710. The highest BCUT2D eigenvalue weighted by atomic mass is 79.9. The smallest absolute Gasteiger partial charge is 0.216 e. The van der Waals surface area contributed by atoms with E-state index >= 15 is 0 Å². The van der Waals surface area contributed by atoms with Crippen molar-refractivity contribution >= 4 is 21.7 Å². The molecule has 1 saturated heterocycles. The van der Waals surface area contributed by atoms with E-state index in [1.807, 2.05) is 24.3 Å². The van der Waals surface area contributed by atoms with Gasteiger partial charge in [-0.1, -0.05) is 28.1 Å². The van der Waals surface area contributed by atoms with Crippen LogP contribution in [0.1, 0.15) is 10.4 Å². The van der Waals surface area contributed by atoms with Gasteiger partial charge in [-0.3, -0.25) is 4.79 Å². The lowest BCUT2D eigenvalue weighted by molar-refractivity contribution is -0.908. The molecule has 1 aromatic carbocycles. The molecule has 1 aliphatic rings. The first-order chi connectivity index (χ1) is 8.09. The predicted octanol–water partition coefficient (Wildman–Crippen LogP) is 2.11. The molecule has 0 aromatic heterocycles. The fourth-order valence-electron chi connectivity index (χ4n) is 2.02. The molecule has 0 saturated carbocycles. The van der Waals surface area contributed by atoms with Crippen molar-refractivity contribution in [3.63, 3.8) is 0 Å². The fraction of sp³-hybridized carbons (Fsp3) is 0.462. The number of nitrogens with zero attached hydrogens (tertiary/aromatic N) is 1. The predicted molar refractivity (Wildman–Crippen MR) is 70.1 cm³/mol. The summed E-state index contributed by atoms with van der Waals surface area (Å²) in [7, 11) is 2.12. The maximum atomic E-state index is 12.2. The number of morpholine rings is 1. The van der Waals surface area contributed by atoms with E-state index in [0.717, 1.165) is 40.8 Å². The molecule has 4 heteroatoms. The van der Waals surface area contributed by atoms with Crippen molar-refractivity contribution in [3.8, 4) is 0 Å². The first kappa shape index (κ1) is 12.7. The van der Waals surface area contributed by atoms with Gasteiger partial charge in [0.25, 0.3) is 0 Å². The molecular weight excluding hydrogens is 282 g/mol. The second kappa shape index (κ2) is 5.29. The van der Waals surface area contributed by atoms with Crippen molar-refractivity contribution < 1.29 is 14.0 Å². The normalized spacial score (nSPS) is 18.9. The van der Waals surface area contributed by atoms with Crippen LogP contribution < -0.4 is 0 Å². The van der Waals surface area contributed by atoms with Gasteiger partial charge in [-0.2, -0.15) is 0 Å². The van der Waals surface area contributed by atoms with Gasteiger partial charge in [-0.25, -0.2) is 0 Å². The minimum Gasteiger partial charge on any atom is -0.370 e. The molecule has 1 fully saturated rings. The first-order valence-electron chi connectivity index (χ1n) is 5.79. The Balaban J connectivity index is 2.03. The number of carbonyl (C=O) groups is 1. The first-order valence-corrected chi connectivity index (χ1v) is 6.58. The molecule has 0 bridgehead atoms. The summed E-state index contributed by atoms with van der Waals surface area (Å²) in [4.78, 5) is 12.2. The maximum Gasteiger partial charge on any atom is 0.216 e. The average molecular weight is 299 g/mol. The molecule has 0 amide bonds. The number of carbonyl (C=O) groups excluding carboxylic acids is 1. The average Bonchev–Trinajstić information content (AvgIpc) is 2.30. The van der Waals surface area contributed by atoms with Gasteiger partial charge in [0.2, 0.25) is 5.78 Å². The number of hydrogen-bond acceptors (Lipinski definition) is 2. The van der Waals surface area contributed by atoms with Crippen LogP contribution in [0, 0.1) is 0 Å². The fourth-order valence-corrected chi connectivity index (χ4v) is 2.28. The lowest BCUT2D eigenvalue weighted by atomic mass is 10.1. The van der Waals surface area contributed by atoms with Gasteiger partial charge in [-0.05, 0) is 12.1 Å². The Kier molecular flexibility index (Phi) is 3.97. The second-order valence-corrected chi connectivity index (χ2v) is 5.68. The van der Waals surface area contributed by atoms with E-state index < -0.39 is 0 Å². The van der Waals surface area contributed by atoms with E-state index in [2.05, 4.69) is 23.0 Å². The summed E-state index contributed by atoms with van der Waals surface area (Å²) in [5.41, 5.74) is 0.791. The van der Waals surface area contributed by atoms with E-state index in [9.17, 15) is 4.79 Å². The molecule has 1 aliphatic heterocycles. The Morgan fingerprint density at radius 2 is 1.88 bits per heavy atom. The molecule has 0 atom stereocenters.